The molecule has 7 heteroatoms. The molecule has 1 N–H and O–H groups in total. The van der Waals surface area contributed by atoms with Gasteiger partial charge in [-0.1, -0.05) is 74.8 Å². The van der Waals surface area contributed by atoms with Crippen LogP contribution in [0.5, 0.6) is 0 Å². The van der Waals surface area contributed by atoms with E-state index in [1.807, 2.05) is 19.1 Å². The van der Waals surface area contributed by atoms with Crippen LogP contribution < -0.4 is 9.62 Å². The van der Waals surface area contributed by atoms with Crippen LogP contribution >= 0.6 is 11.6 Å². The number of rotatable bonds is 7. The smallest absolute Gasteiger partial charge is 0.264 e. The lowest BCUT2D eigenvalue weighted by molar-refractivity contribution is -0.120. The van der Waals surface area contributed by atoms with Gasteiger partial charge in [0.25, 0.3) is 10.0 Å². The average molecular weight is 485 g/mol. The van der Waals surface area contributed by atoms with E-state index in [1.165, 1.54) is 17.7 Å². The molecule has 3 aromatic rings. The Kier molecular flexibility index (Phi) is 7.50. The number of sulfonamides is 1. The molecule has 0 radical (unpaired) electrons. The Hall–Kier alpha value is -2.83. The number of carbonyl (C=O) groups is 1. The maximum atomic E-state index is 13.4. The SMILES string of the molecule is C[C@H](NC(=O)CN(c1ccc(Cl)cc1)S(=O)(=O)c1ccccc1)c1ccc(C(C)(C)C)cc1. The van der Waals surface area contributed by atoms with Crippen LogP contribution in [0.4, 0.5) is 5.69 Å². The topological polar surface area (TPSA) is 66.5 Å². The molecule has 0 saturated carbocycles. The first-order valence-electron chi connectivity index (χ1n) is 10.7. The lowest BCUT2D eigenvalue weighted by Crippen LogP contribution is -2.41. The molecule has 33 heavy (non-hydrogen) atoms. The van der Waals surface area contributed by atoms with Gasteiger partial charge in [0.1, 0.15) is 6.54 Å². The van der Waals surface area contributed by atoms with Gasteiger partial charge in [-0.3, -0.25) is 9.10 Å². The van der Waals surface area contributed by atoms with Gasteiger partial charge in [-0.2, -0.15) is 0 Å². The van der Waals surface area contributed by atoms with Gasteiger partial charge in [-0.05, 0) is 59.9 Å². The van der Waals surface area contributed by atoms with Crippen LogP contribution in [0.2, 0.25) is 5.02 Å². The zero-order valence-corrected chi connectivity index (χ0v) is 20.8. The van der Waals surface area contributed by atoms with E-state index < -0.39 is 15.9 Å². The summed E-state index contributed by atoms with van der Waals surface area (Å²) in [5, 5.41) is 3.40. The minimum atomic E-state index is -3.96. The summed E-state index contributed by atoms with van der Waals surface area (Å²) in [4.78, 5) is 13.0. The Labute approximate surface area is 201 Å². The first-order valence-corrected chi connectivity index (χ1v) is 12.5. The van der Waals surface area contributed by atoms with Crippen molar-refractivity contribution >= 4 is 33.2 Å². The molecule has 5 nitrogen and oxygen atoms in total. The minimum Gasteiger partial charge on any atom is -0.348 e. The summed E-state index contributed by atoms with van der Waals surface area (Å²) in [5.74, 6) is -0.406. The Morgan fingerprint density at radius 2 is 1.52 bits per heavy atom. The van der Waals surface area contributed by atoms with Gasteiger partial charge in [0.2, 0.25) is 5.91 Å². The van der Waals surface area contributed by atoms with Crippen LogP contribution in [0, 0.1) is 0 Å². The van der Waals surface area contributed by atoms with Gasteiger partial charge in [0, 0.05) is 5.02 Å². The average Bonchev–Trinajstić information content (AvgIpc) is 2.78. The highest BCUT2D eigenvalue weighted by atomic mass is 35.5. The molecular formula is C26H29ClN2O3S. The summed E-state index contributed by atoms with van der Waals surface area (Å²) in [7, 11) is -3.96. The van der Waals surface area contributed by atoms with E-state index in [1.54, 1.807) is 42.5 Å². The Bertz CT molecular complexity index is 1190. The highest BCUT2D eigenvalue weighted by molar-refractivity contribution is 7.92. The van der Waals surface area contributed by atoms with Crippen molar-refractivity contribution in [3.05, 3.63) is 95.0 Å². The van der Waals surface area contributed by atoms with Crippen molar-refractivity contribution < 1.29 is 13.2 Å². The molecule has 0 bridgehead atoms. The number of nitrogens with one attached hydrogen (secondary N) is 1. The third-order valence-corrected chi connectivity index (χ3v) is 7.43. The summed E-state index contributed by atoms with van der Waals surface area (Å²) in [6.45, 7) is 7.95. The summed E-state index contributed by atoms with van der Waals surface area (Å²) in [5.41, 5.74) is 2.55. The molecule has 0 fully saturated rings. The van der Waals surface area contributed by atoms with Crippen molar-refractivity contribution in [2.45, 2.75) is 44.0 Å². The number of halogens is 1. The Morgan fingerprint density at radius 3 is 2.06 bits per heavy atom. The van der Waals surface area contributed by atoms with Crippen molar-refractivity contribution in [3.63, 3.8) is 0 Å². The van der Waals surface area contributed by atoms with Crippen LogP contribution in [-0.4, -0.2) is 20.9 Å². The summed E-state index contributed by atoms with van der Waals surface area (Å²) < 4.78 is 27.8. The summed E-state index contributed by atoms with van der Waals surface area (Å²) in [6, 6.07) is 22.2. The number of amides is 1. The van der Waals surface area contributed by atoms with E-state index >= 15 is 0 Å². The van der Waals surface area contributed by atoms with Crippen molar-refractivity contribution in [3.8, 4) is 0 Å². The van der Waals surface area contributed by atoms with E-state index in [0.29, 0.717) is 10.7 Å². The number of carbonyl (C=O) groups excluding carboxylic acids is 1. The highest BCUT2D eigenvalue weighted by Gasteiger charge is 2.27. The molecule has 0 aliphatic carbocycles. The van der Waals surface area contributed by atoms with E-state index in [4.69, 9.17) is 11.6 Å². The standard InChI is InChI=1S/C26H29ClN2O3S/c1-19(20-10-12-21(13-11-20)26(2,3)4)28-25(30)18-29(23-16-14-22(27)15-17-23)33(31,32)24-8-6-5-7-9-24/h5-17,19H,18H2,1-4H3,(H,28,30)/t19-/m0/s1. The Morgan fingerprint density at radius 1 is 0.939 bits per heavy atom. The Balaban J connectivity index is 1.82. The van der Waals surface area contributed by atoms with Gasteiger partial charge in [-0.15, -0.1) is 0 Å². The fourth-order valence-electron chi connectivity index (χ4n) is 3.41. The van der Waals surface area contributed by atoms with Gasteiger partial charge >= 0.3 is 0 Å². The predicted molar refractivity (Wildman–Crippen MR) is 134 cm³/mol. The molecular weight excluding hydrogens is 456 g/mol. The molecule has 0 saturated heterocycles. The number of hydrogen-bond acceptors (Lipinski definition) is 3. The second-order valence-electron chi connectivity index (χ2n) is 8.96. The van der Waals surface area contributed by atoms with E-state index in [0.717, 1.165) is 9.87 Å². The van der Waals surface area contributed by atoms with Crippen molar-refractivity contribution in [1.82, 2.24) is 5.32 Å². The third-order valence-electron chi connectivity index (χ3n) is 5.39. The molecule has 1 amide bonds. The molecule has 3 aromatic carbocycles. The van der Waals surface area contributed by atoms with Gasteiger partial charge in [-0.25, -0.2) is 8.42 Å². The van der Waals surface area contributed by atoms with Crippen molar-refractivity contribution in [2.24, 2.45) is 0 Å². The van der Waals surface area contributed by atoms with E-state index in [2.05, 4.69) is 38.2 Å². The van der Waals surface area contributed by atoms with Crippen LogP contribution in [0.3, 0.4) is 0 Å². The molecule has 0 aliphatic heterocycles. The molecule has 3 rings (SSSR count). The number of hydrogen-bond donors (Lipinski definition) is 1. The molecule has 0 aromatic heterocycles. The van der Waals surface area contributed by atoms with Crippen LogP contribution in [-0.2, 0) is 20.2 Å². The largest absolute Gasteiger partial charge is 0.348 e. The number of anilines is 1. The van der Waals surface area contributed by atoms with Crippen LogP contribution in [0.15, 0.2) is 83.8 Å². The maximum absolute atomic E-state index is 13.4. The zero-order chi connectivity index (χ0) is 24.2. The van der Waals surface area contributed by atoms with Crippen LogP contribution in [0.25, 0.3) is 0 Å². The van der Waals surface area contributed by atoms with Crippen molar-refractivity contribution in [1.29, 1.82) is 0 Å². The molecule has 0 aliphatic rings. The van der Waals surface area contributed by atoms with Gasteiger partial charge in [0.05, 0.1) is 16.6 Å². The number of benzene rings is 3. The maximum Gasteiger partial charge on any atom is 0.264 e. The van der Waals surface area contributed by atoms with Crippen LogP contribution in [0.1, 0.15) is 44.9 Å². The fraction of sp³-hybridized carbons (Fsp3) is 0.269. The first-order chi connectivity index (χ1) is 15.5. The van der Waals surface area contributed by atoms with Crippen molar-refractivity contribution in [2.75, 3.05) is 10.8 Å². The highest BCUT2D eigenvalue weighted by Crippen LogP contribution is 2.26. The van der Waals surface area contributed by atoms with Gasteiger partial charge < -0.3 is 5.32 Å². The fourth-order valence-corrected chi connectivity index (χ4v) is 4.98. The molecule has 174 valence electrons. The predicted octanol–water partition coefficient (Wildman–Crippen LogP) is 5.71. The van der Waals surface area contributed by atoms with E-state index in [-0.39, 0.29) is 22.9 Å². The normalized spacial score (nSPS) is 12.8. The second kappa shape index (κ2) is 9.98. The van der Waals surface area contributed by atoms with Gasteiger partial charge in [0.15, 0.2) is 0 Å². The monoisotopic (exact) mass is 484 g/mol. The molecule has 0 spiro atoms. The van der Waals surface area contributed by atoms with E-state index in [9.17, 15) is 13.2 Å². The zero-order valence-electron chi connectivity index (χ0n) is 19.2. The third kappa shape index (κ3) is 6.15. The lowest BCUT2D eigenvalue weighted by atomic mass is 9.86. The minimum absolute atomic E-state index is 0.0376. The summed E-state index contributed by atoms with van der Waals surface area (Å²) in [6.07, 6.45) is 0. The molecule has 1 atom stereocenters. The number of nitrogens with zero attached hydrogens (tertiary/aromatic N) is 1. The first kappa shape index (κ1) is 24.8. The lowest BCUT2D eigenvalue weighted by Gasteiger charge is -2.25. The summed E-state index contributed by atoms with van der Waals surface area (Å²) >= 11 is 5.98. The second-order valence-corrected chi connectivity index (χ2v) is 11.3. The molecule has 0 unspecified atom stereocenters. The molecule has 0 heterocycles. The quantitative estimate of drug-likeness (QED) is 0.467.